The predicted octanol–water partition coefficient (Wildman–Crippen LogP) is 5.03. The van der Waals surface area contributed by atoms with Crippen LogP contribution in [0.1, 0.15) is 29.3 Å². The second-order valence-corrected chi connectivity index (χ2v) is 6.71. The highest BCUT2D eigenvalue weighted by molar-refractivity contribution is 6.02. The molecule has 0 bridgehead atoms. The Balaban J connectivity index is 1.88. The Morgan fingerprint density at radius 2 is 1.79 bits per heavy atom. The molecule has 0 radical (unpaired) electrons. The number of hydrogen-bond donors (Lipinski definition) is 2. The van der Waals surface area contributed by atoms with Crippen LogP contribution in [0, 0.1) is 0 Å². The number of benzene rings is 3. The monoisotopic (exact) mass is 387 g/mol. The average Bonchev–Trinajstić information content (AvgIpc) is 2.66. The lowest BCUT2D eigenvalue weighted by Gasteiger charge is -2.11. The molecule has 3 rings (SSSR count). The molecule has 2 N–H and O–H groups in total. The minimum atomic E-state index is -4.37. The molecular formula is C22H20F3NO2. The molecule has 0 spiro atoms. The summed E-state index contributed by atoms with van der Waals surface area (Å²) in [6, 6.07) is 15.8. The van der Waals surface area contributed by atoms with Crippen LogP contribution in [0.4, 0.5) is 13.2 Å². The van der Waals surface area contributed by atoms with Crippen molar-refractivity contribution in [3.8, 4) is 11.1 Å². The van der Waals surface area contributed by atoms with Crippen molar-refractivity contribution in [2.24, 2.45) is 0 Å². The van der Waals surface area contributed by atoms with Gasteiger partial charge in [0.25, 0.3) is 5.91 Å². The Labute approximate surface area is 160 Å². The second-order valence-electron chi connectivity index (χ2n) is 6.71. The van der Waals surface area contributed by atoms with Crippen molar-refractivity contribution in [3.05, 3.63) is 71.8 Å². The van der Waals surface area contributed by atoms with Gasteiger partial charge < -0.3 is 10.4 Å². The lowest BCUT2D eigenvalue weighted by molar-refractivity contribution is -0.137. The van der Waals surface area contributed by atoms with Crippen LogP contribution in [0.5, 0.6) is 0 Å². The third-order valence-electron chi connectivity index (χ3n) is 4.51. The summed E-state index contributed by atoms with van der Waals surface area (Å²) in [7, 11) is 0. The molecule has 0 saturated heterocycles. The van der Waals surface area contributed by atoms with Crippen molar-refractivity contribution in [3.63, 3.8) is 0 Å². The van der Waals surface area contributed by atoms with Gasteiger partial charge in [0.2, 0.25) is 0 Å². The summed E-state index contributed by atoms with van der Waals surface area (Å²) < 4.78 is 38.3. The molecule has 1 unspecified atom stereocenters. The minimum Gasteiger partial charge on any atom is -0.393 e. The number of carbonyl (C=O) groups excluding carboxylic acids is 1. The fraction of sp³-hybridized carbons (Fsp3) is 0.227. The molecule has 3 aromatic carbocycles. The van der Waals surface area contributed by atoms with Gasteiger partial charge >= 0.3 is 6.18 Å². The molecule has 0 heterocycles. The van der Waals surface area contributed by atoms with Gasteiger partial charge in [-0.05, 0) is 59.5 Å². The van der Waals surface area contributed by atoms with Gasteiger partial charge in [0, 0.05) is 12.1 Å². The van der Waals surface area contributed by atoms with E-state index in [2.05, 4.69) is 5.32 Å². The van der Waals surface area contributed by atoms with Crippen molar-refractivity contribution in [1.82, 2.24) is 5.32 Å². The summed E-state index contributed by atoms with van der Waals surface area (Å²) in [5, 5.41) is 13.7. The van der Waals surface area contributed by atoms with E-state index in [0.29, 0.717) is 24.1 Å². The molecule has 146 valence electrons. The smallest absolute Gasteiger partial charge is 0.393 e. The second kappa shape index (κ2) is 8.02. The zero-order valence-electron chi connectivity index (χ0n) is 15.3. The number of aliphatic hydroxyl groups excluding tert-OH is 1. The van der Waals surface area contributed by atoms with E-state index in [4.69, 9.17) is 0 Å². The predicted molar refractivity (Wildman–Crippen MR) is 103 cm³/mol. The summed E-state index contributed by atoms with van der Waals surface area (Å²) in [6.07, 6.45) is -4.38. The van der Waals surface area contributed by atoms with E-state index in [9.17, 15) is 23.1 Å². The van der Waals surface area contributed by atoms with Gasteiger partial charge in [0.05, 0.1) is 11.7 Å². The first kappa shape index (κ1) is 19.9. The molecule has 6 heteroatoms. The van der Waals surface area contributed by atoms with E-state index in [0.717, 1.165) is 28.5 Å². The number of hydrogen-bond acceptors (Lipinski definition) is 2. The number of fused-ring (bicyclic) bond motifs is 1. The Kier molecular flexibility index (Phi) is 5.70. The molecule has 0 aliphatic rings. The molecule has 0 aromatic heterocycles. The zero-order chi connectivity index (χ0) is 20.3. The Morgan fingerprint density at radius 1 is 1.07 bits per heavy atom. The molecule has 0 saturated carbocycles. The van der Waals surface area contributed by atoms with Gasteiger partial charge in [0.15, 0.2) is 0 Å². The summed E-state index contributed by atoms with van der Waals surface area (Å²) in [4.78, 5) is 12.3. The van der Waals surface area contributed by atoms with Crippen LogP contribution in [-0.4, -0.2) is 23.7 Å². The SMILES string of the molecule is CC(O)CCNC(=O)c1ccc2c(-c3ccc(C(F)(F)F)cc3)cccc2c1. The zero-order valence-corrected chi connectivity index (χ0v) is 15.3. The fourth-order valence-corrected chi connectivity index (χ4v) is 3.01. The molecule has 0 fully saturated rings. The van der Waals surface area contributed by atoms with Crippen LogP contribution in [0.3, 0.4) is 0 Å². The Morgan fingerprint density at radius 3 is 2.43 bits per heavy atom. The molecule has 3 nitrogen and oxygen atoms in total. The number of carbonyl (C=O) groups is 1. The number of nitrogens with one attached hydrogen (secondary N) is 1. The van der Waals surface area contributed by atoms with E-state index >= 15 is 0 Å². The van der Waals surface area contributed by atoms with Gasteiger partial charge in [-0.1, -0.05) is 36.4 Å². The molecular weight excluding hydrogens is 367 g/mol. The van der Waals surface area contributed by atoms with E-state index in [1.54, 1.807) is 25.1 Å². The number of halogens is 3. The number of alkyl halides is 3. The van der Waals surface area contributed by atoms with E-state index in [1.807, 2.05) is 18.2 Å². The summed E-state index contributed by atoms with van der Waals surface area (Å²) >= 11 is 0. The number of aliphatic hydroxyl groups is 1. The molecule has 1 atom stereocenters. The van der Waals surface area contributed by atoms with Crippen LogP contribution >= 0.6 is 0 Å². The maximum atomic E-state index is 12.8. The van der Waals surface area contributed by atoms with Gasteiger partial charge in [-0.3, -0.25) is 4.79 Å². The summed E-state index contributed by atoms with van der Waals surface area (Å²) in [5.74, 6) is -0.234. The van der Waals surface area contributed by atoms with Crippen molar-refractivity contribution >= 4 is 16.7 Å². The van der Waals surface area contributed by atoms with Crippen LogP contribution in [0.15, 0.2) is 60.7 Å². The average molecular weight is 387 g/mol. The van der Waals surface area contributed by atoms with Gasteiger partial charge in [-0.25, -0.2) is 0 Å². The third kappa shape index (κ3) is 4.51. The normalized spacial score (nSPS) is 12.8. The lowest BCUT2D eigenvalue weighted by Crippen LogP contribution is -2.26. The first-order valence-corrected chi connectivity index (χ1v) is 8.92. The fourth-order valence-electron chi connectivity index (χ4n) is 3.01. The van der Waals surface area contributed by atoms with Crippen molar-refractivity contribution in [2.75, 3.05) is 6.54 Å². The van der Waals surface area contributed by atoms with Crippen LogP contribution in [0.25, 0.3) is 21.9 Å². The van der Waals surface area contributed by atoms with Gasteiger partial charge in [0.1, 0.15) is 0 Å². The Bertz CT molecular complexity index is 979. The minimum absolute atomic E-state index is 0.234. The van der Waals surface area contributed by atoms with Gasteiger partial charge in [-0.15, -0.1) is 0 Å². The number of amides is 1. The standard InChI is InChI=1S/C22H20F3NO2/c1-14(27)11-12-26-21(28)17-7-10-20-16(13-17)3-2-4-19(20)15-5-8-18(9-6-15)22(23,24)25/h2-10,13-14,27H,11-12H2,1H3,(H,26,28). The lowest BCUT2D eigenvalue weighted by atomic mass is 9.96. The van der Waals surface area contributed by atoms with Crippen molar-refractivity contribution in [2.45, 2.75) is 25.6 Å². The van der Waals surface area contributed by atoms with Gasteiger partial charge in [-0.2, -0.15) is 13.2 Å². The van der Waals surface area contributed by atoms with Crippen molar-refractivity contribution < 1.29 is 23.1 Å². The topological polar surface area (TPSA) is 49.3 Å². The summed E-state index contributed by atoms with van der Waals surface area (Å²) in [6.45, 7) is 2.03. The van der Waals surface area contributed by atoms with Crippen LogP contribution in [-0.2, 0) is 6.18 Å². The van der Waals surface area contributed by atoms with Crippen LogP contribution < -0.4 is 5.32 Å². The quantitative estimate of drug-likeness (QED) is 0.645. The molecule has 1 amide bonds. The molecule has 0 aliphatic carbocycles. The molecule has 3 aromatic rings. The van der Waals surface area contributed by atoms with E-state index in [-0.39, 0.29) is 5.91 Å². The first-order valence-electron chi connectivity index (χ1n) is 8.92. The largest absolute Gasteiger partial charge is 0.416 e. The Hall–Kier alpha value is -2.86. The third-order valence-corrected chi connectivity index (χ3v) is 4.51. The van der Waals surface area contributed by atoms with E-state index in [1.165, 1.54) is 12.1 Å². The molecule has 0 aliphatic heterocycles. The summed E-state index contributed by atoms with van der Waals surface area (Å²) in [5.41, 5.74) is 1.27. The molecule has 28 heavy (non-hydrogen) atoms. The first-order chi connectivity index (χ1) is 13.3. The van der Waals surface area contributed by atoms with Crippen LogP contribution in [0.2, 0.25) is 0 Å². The highest BCUT2D eigenvalue weighted by Crippen LogP contribution is 2.33. The number of rotatable bonds is 5. The maximum Gasteiger partial charge on any atom is 0.416 e. The highest BCUT2D eigenvalue weighted by Gasteiger charge is 2.30. The highest BCUT2D eigenvalue weighted by atomic mass is 19.4. The van der Waals surface area contributed by atoms with Crippen molar-refractivity contribution in [1.29, 1.82) is 0 Å². The maximum absolute atomic E-state index is 12.8. The van der Waals surface area contributed by atoms with E-state index < -0.39 is 17.8 Å².